The van der Waals surface area contributed by atoms with Crippen molar-refractivity contribution in [2.75, 3.05) is 26.7 Å². The lowest BCUT2D eigenvalue weighted by Crippen LogP contribution is -2.40. The highest BCUT2D eigenvalue weighted by Crippen LogP contribution is 2.26. The average Bonchev–Trinajstić information content (AvgIpc) is 3.14. The number of nitrogens with one attached hydrogen (secondary N) is 1. The Hall–Kier alpha value is -3.12. The van der Waals surface area contributed by atoms with Gasteiger partial charge in [-0.05, 0) is 69.6 Å². The summed E-state index contributed by atoms with van der Waals surface area (Å²) in [5.41, 5.74) is 4.40. The molecule has 1 saturated heterocycles. The Balaban J connectivity index is 1.54. The van der Waals surface area contributed by atoms with E-state index in [4.69, 9.17) is 4.74 Å². The highest BCUT2D eigenvalue weighted by atomic mass is 16.5. The minimum absolute atomic E-state index is 0.0716. The van der Waals surface area contributed by atoms with Crippen molar-refractivity contribution in [1.82, 2.24) is 20.0 Å². The van der Waals surface area contributed by atoms with Crippen LogP contribution in [0.3, 0.4) is 0 Å². The van der Waals surface area contributed by atoms with Crippen LogP contribution in [0.5, 0.6) is 5.75 Å². The van der Waals surface area contributed by atoms with Gasteiger partial charge in [0.2, 0.25) is 0 Å². The van der Waals surface area contributed by atoms with Gasteiger partial charge in [-0.15, -0.1) is 0 Å². The van der Waals surface area contributed by atoms with E-state index in [1.165, 1.54) is 24.8 Å². The van der Waals surface area contributed by atoms with Crippen molar-refractivity contribution in [2.45, 2.75) is 39.2 Å². The molecule has 32 heavy (non-hydrogen) atoms. The van der Waals surface area contributed by atoms with E-state index in [1.54, 1.807) is 7.11 Å². The van der Waals surface area contributed by atoms with Gasteiger partial charge in [0, 0.05) is 6.54 Å². The van der Waals surface area contributed by atoms with Gasteiger partial charge in [0.1, 0.15) is 5.75 Å². The van der Waals surface area contributed by atoms with Gasteiger partial charge in [0.05, 0.1) is 35.8 Å². The molecule has 1 atom stereocenters. The highest BCUT2D eigenvalue weighted by molar-refractivity contribution is 5.96. The Morgan fingerprint density at radius 3 is 2.38 bits per heavy atom. The van der Waals surface area contributed by atoms with Crippen molar-refractivity contribution >= 4 is 5.91 Å². The number of methoxy groups -OCH3 is 1. The van der Waals surface area contributed by atoms with Crippen molar-refractivity contribution in [3.8, 4) is 11.4 Å². The number of nitrogens with zero attached hydrogens (tertiary/aromatic N) is 3. The maximum atomic E-state index is 13.2. The normalized spacial score (nSPS) is 15.3. The zero-order chi connectivity index (χ0) is 22.5. The molecule has 168 valence electrons. The molecule has 1 fully saturated rings. The minimum Gasteiger partial charge on any atom is -0.497 e. The quantitative estimate of drug-likeness (QED) is 0.599. The molecule has 0 saturated carbocycles. The first kappa shape index (κ1) is 22.1. The van der Waals surface area contributed by atoms with Crippen LogP contribution >= 0.6 is 0 Å². The van der Waals surface area contributed by atoms with Gasteiger partial charge in [-0.2, -0.15) is 5.10 Å². The number of aryl methyl sites for hydroxylation is 1. The number of hydrogen-bond acceptors (Lipinski definition) is 4. The number of aromatic nitrogens is 2. The molecule has 0 spiro atoms. The van der Waals surface area contributed by atoms with E-state index in [2.05, 4.69) is 27.4 Å². The number of hydrogen-bond donors (Lipinski definition) is 1. The number of carbonyl (C=O) groups excluding carboxylic acids is 1. The zero-order valence-electron chi connectivity index (χ0n) is 19.2. The standard InChI is InChI=1S/C26H32N4O2/c1-19-25(20(2)30(28-19)22-10-6-4-7-11-22)26(31)27-18-24(29-16-8-5-9-17-29)21-12-14-23(32-3)15-13-21/h4,6-7,10-15,24H,5,8-9,16-18H2,1-3H3,(H,27,31). The molecule has 3 aromatic rings. The van der Waals surface area contributed by atoms with Gasteiger partial charge < -0.3 is 10.1 Å². The molecule has 0 bridgehead atoms. The first-order valence-electron chi connectivity index (χ1n) is 11.4. The molecule has 1 amide bonds. The van der Waals surface area contributed by atoms with E-state index < -0.39 is 0 Å². The minimum atomic E-state index is -0.0716. The Morgan fingerprint density at radius 2 is 1.72 bits per heavy atom. The van der Waals surface area contributed by atoms with Crippen LogP contribution in [-0.2, 0) is 0 Å². The number of ether oxygens (including phenoxy) is 1. The number of carbonyl (C=O) groups is 1. The van der Waals surface area contributed by atoms with Crippen LogP contribution < -0.4 is 10.1 Å². The van der Waals surface area contributed by atoms with Crippen LogP contribution in [0.2, 0.25) is 0 Å². The Morgan fingerprint density at radius 1 is 1.03 bits per heavy atom. The average molecular weight is 433 g/mol. The molecular weight excluding hydrogens is 400 g/mol. The van der Waals surface area contributed by atoms with E-state index in [1.807, 2.05) is 61.0 Å². The topological polar surface area (TPSA) is 59.4 Å². The van der Waals surface area contributed by atoms with Crippen molar-refractivity contribution in [1.29, 1.82) is 0 Å². The van der Waals surface area contributed by atoms with E-state index in [0.717, 1.165) is 35.9 Å². The fraction of sp³-hybridized carbons (Fsp3) is 0.385. The predicted molar refractivity (Wildman–Crippen MR) is 127 cm³/mol. The van der Waals surface area contributed by atoms with E-state index in [9.17, 15) is 4.79 Å². The number of para-hydroxylation sites is 1. The molecule has 2 heterocycles. The molecule has 0 aliphatic carbocycles. The van der Waals surface area contributed by atoms with Gasteiger partial charge >= 0.3 is 0 Å². The van der Waals surface area contributed by atoms with Crippen molar-refractivity contribution in [3.05, 3.63) is 77.1 Å². The van der Waals surface area contributed by atoms with Crippen molar-refractivity contribution in [3.63, 3.8) is 0 Å². The Bertz CT molecular complexity index is 1040. The van der Waals surface area contributed by atoms with Crippen LogP contribution in [0, 0.1) is 13.8 Å². The number of piperidine rings is 1. The first-order chi connectivity index (χ1) is 15.6. The maximum Gasteiger partial charge on any atom is 0.255 e. The first-order valence-corrected chi connectivity index (χ1v) is 11.4. The molecular formula is C26H32N4O2. The summed E-state index contributed by atoms with van der Waals surface area (Å²) in [5.74, 6) is 0.771. The highest BCUT2D eigenvalue weighted by Gasteiger charge is 2.25. The molecule has 4 rings (SSSR count). The lowest BCUT2D eigenvalue weighted by molar-refractivity contribution is 0.0923. The van der Waals surface area contributed by atoms with E-state index >= 15 is 0 Å². The van der Waals surface area contributed by atoms with Crippen LogP contribution in [0.25, 0.3) is 5.69 Å². The molecule has 1 aromatic heterocycles. The SMILES string of the molecule is COc1ccc(C(CNC(=O)c2c(C)nn(-c3ccccc3)c2C)N2CCCCC2)cc1. The second kappa shape index (κ2) is 10.0. The molecule has 1 aliphatic rings. The van der Waals surface area contributed by atoms with Crippen LogP contribution in [0.15, 0.2) is 54.6 Å². The van der Waals surface area contributed by atoms with Gasteiger partial charge in [-0.1, -0.05) is 36.8 Å². The summed E-state index contributed by atoms with van der Waals surface area (Å²) >= 11 is 0. The summed E-state index contributed by atoms with van der Waals surface area (Å²) in [6.07, 6.45) is 3.67. The maximum absolute atomic E-state index is 13.2. The largest absolute Gasteiger partial charge is 0.497 e. The predicted octanol–water partition coefficient (Wildman–Crippen LogP) is 4.45. The fourth-order valence-corrected chi connectivity index (χ4v) is 4.58. The van der Waals surface area contributed by atoms with E-state index in [0.29, 0.717) is 12.1 Å². The second-order valence-corrected chi connectivity index (χ2v) is 8.39. The lowest BCUT2D eigenvalue weighted by atomic mass is 10.0. The molecule has 2 aromatic carbocycles. The Labute approximate surface area is 190 Å². The number of likely N-dealkylation sites (tertiary alicyclic amines) is 1. The molecule has 1 unspecified atom stereocenters. The van der Waals surface area contributed by atoms with Gasteiger partial charge in [0.25, 0.3) is 5.91 Å². The van der Waals surface area contributed by atoms with Crippen molar-refractivity contribution < 1.29 is 9.53 Å². The third-order valence-electron chi connectivity index (χ3n) is 6.31. The van der Waals surface area contributed by atoms with Gasteiger partial charge in [-0.3, -0.25) is 9.69 Å². The zero-order valence-corrected chi connectivity index (χ0v) is 19.2. The van der Waals surface area contributed by atoms with Gasteiger partial charge in [0.15, 0.2) is 0 Å². The molecule has 6 nitrogen and oxygen atoms in total. The summed E-state index contributed by atoms with van der Waals surface area (Å²) in [6.45, 7) is 6.51. The summed E-state index contributed by atoms with van der Waals surface area (Å²) in [7, 11) is 1.68. The Kier molecular flexibility index (Phi) is 6.90. The third-order valence-corrected chi connectivity index (χ3v) is 6.31. The number of rotatable bonds is 7. The number of benzene rings is 2. The fourth-order valence-electron chi connectivity index (χ4n) is 4.58. The molecule has 0 radical (unpaired) electrons. The molecule has 6 heteroatoms. The monoisotopic (exact) mass is 432 g/mol. The smallest absolute Gasteiger partial charge is 0.255 e. The van der Waals surface area contributed by atoms with Crippen LogP contribution in [0.1, 0.15) is 52.6 Å². The third kappa shape index (κ3) is 4.70. The lowest BCUT2D eigenvalue weighted by Gasteiger charge is -2.35. The second-order valence-electron chi connectivity index (χ2n) is 8.39. The van der Waals surface area contributed by atoms with Crippen molar-refractivity contribution in [2.24, 2.45) is 0 Å². The van der Waals surface area contributed by atoms with Crippen LogP contribution in [0.4, 0.5) is 0 Å². The summed E-state index contributed by atoms with van der Waals surface area (Å²) in [6, 6.07) is 18.3. The summed E-state index contributed by atoms with van der Waals surface area (Å²) in [4.78, 5) is 15.7. The summed E-state index contributed by atoms with van der Waals surface area (Å²) < 4.78 is 7.17. The number of amides is 1. The molecule has 1 aliphatic heterocycles. The summed E-state index contributed by atoms with van der Waals surface area (Å²) in [5, 5.41) is 7.83. The van der Waals surface area contributed by atoms with Crippen LogP contribution in [-0.4, -0.2) is 47.3 Å². The van der Waals surface area contributed by atoms with Gasteiger partial charge in [-0.25, -0.2) is 4.68 Å². The molecule has 1 N–H and O–H groups in total. The van der Waals surface area contributed by atoms with E-state index in [-0.39, 0.29) is 11.9 Å².